The van der Waals surface area contributed by atoms with Crippen LogP contribution >= 0.6 is 23.2 Å². The fourth-order valence-corrected chi connectivity index (χ4v) is 5.63. The van der Waals surface area contributed by atoms with Crippen LogP contribution in [0.5, 0.6) is 0 Å². The topological polar surface area (TPSA) is 126 Å². The molecule has 0 bridgehead atoms. The molecule has 1 spiro atoms. The minimum absolute atomic E-state index is 0.117. The number of ether oxygens (including phenoxy) is 2. The summed E-state index contributed by atoms with van der Waals surface area (Å²) in [6.45, 7) is 0.617. The van der Waals surface area contributed by atoms with Crippen molar-refractivity contribution in [2.45, 2.75) is 43.7 Å². The normalized spacial score (nSPS) is 20.8. The summed E-state index contributed by atoms with van der Waals surface area (Å²) < 4.78 is 10.4. The fraction of sp³-hybridized carbons (Fsp3) is 0.407. The molecule has 2 fully saturated rings. The zero-order valence-electron chi connectivity index (χ0n) is 21.2. The SMILES string of the molecule is COC(=O)Nc1ccc(C(=O)N[C@@H](CC2CC2)C(=O)N2CCC[C@@]3(C2)OC(=O)Nc2ccc(Cl)cc23)c(Cl)c1. The molecule has 3 aliphatic rings. The highest BCUT2D eigenvalue weighted by Crippen LogP contribution is 2.43. The third-order valence-electron chi connectivity index (χ3n) is 7.28. The third kappa shape index (κ3) is 5.91. The van der Waals surface area contributed by atoms with Crippen LogP contribution < -0.4 is 16.0 Å². The Morgan fingerprint density at radius 1 is 1.21 bits per heavy atom. The molecule has 1 aliphatic carbocycles. The molecule has 3 N–H and O–H groups in total. The van der Waals surface area contributed by atoms with Crippen LogP contribution in [-0.2, 0) is 19.9 Å². The second-order valence-electron chi connectivity index (χ2n) is 10.1. The van der Waals surface area contributed by atoms with Crippen molar-refractivity contribution in [3.05, 3.63) is 57.6 Å². The van der Waals surface area contributed by atoms with Gasteiger partial charge >= 0.3 is 12.2 Å². The molecule has 1 saturated carbocycles. The number of methoxy groups -OCH3 is 1. The minimum atomic E-state index is -1.03. The van der Waals surface area contributed by atoms with Crippen LogP contribution in [0.25, 0.3) is 0 Å². The molecular weight excluding hydrogens is 547 g/mol. The van der Waals surface area contributed by atoms with E-state index < -0.39 is 29.7 Å². The summed E-state index contributed by atoms with van der Waals surface area (Å²) in [7, 11) is 1.24. The van der Waals surface area contributed by atoms with Crippen LogP contribution in [0.1, 0.15) is 48.0 Å². The minimum Gasteiger partial charge on any atom is -0.453 e. The monoisotopic (exact) mass is 574 g/mol. The number of fused-ring (bicyclic) bond motifs is 2. The van der Waals surface area contributed by atoms with Crippen molar-refractivity contribution in [3.8, 4) is 0 Å². The Bertz CT molecular complexity index is 1330. The van der Waals surface area contributed by atoms with Crippen LogP contribution in [0.4, 0.5) is 21.0 Å². The van der Waals surface area contributed by atoms with Gasteiger partial charge in [-0.2, -0.15) is 0 Å². The van der Waals surface area contributed by atoms with E-state index in [2.05, 4.69) is 20.7 Å². The van der Waals surface area contributed by atoms with E-state index in [4.69, 9.17) is 27.9 Å². The predicted molar refractivity (Wildman–Crippen MR) is 145 cm³/mol. The number of hydrogen-bond donors (Lipinski definition) is 3. The Balaban J connectivity index is 1.35. The van der Waals surface area contributed by atoms with Crippen LogP contribution in [-0.4, -0.2) is 55.1 Å². The lowest BCUT2D eigenvalue weighted by Gasteiger charge is -2.45. The van der Waals surface area contributed by atoms with E-state index in [1.807, 2.05) is 0 Å². The van der Waals surface area contributed by atoms with E-state index in [0.29, 0.717) is 48.1 Å². The van der Waals surface area contributed by atoms with Crippen molar-refractivity contribution < 1.29 is 28.7 Å². The van der Waals surface area contributed by atoms with Crippen molar-refractivity contribution in [2.75, 3.05) is 30.8 Å². The summed E-state index contributed by atoms with van der Waals surface area (Å²) in [5.74, 6) is -0.398. The molecule has 2 heterocycles. The van der Waals surface area contributed by atoms with Gasteiger partial charge in [0.25, 0.3) is 5.91 Å². The average Bonchev–Trinajstić information content (AvgIpc) is 3.72. The second-order valence-corrected chi connectivity index (χ2v) is 10.9. The van der Waals surface area contributed by atoms with Gasteiger partial charge < -0.3 is 19.7 Å². The highest BCUT2D eigenvalue weighted by molar-refractivity contribution is 6.34. The summed E-state index contributed by atoms with van der Waals surface area (Å²) in [5.41, 5.74) is 0.835. The van der Waals surface area contributed by atoms with Gasteiger partial charge in [-0.1, -0.05) is 36.0 Å². The number of nitrogens with zero attached hydrogens (tertiary/aromatic N) is 1. The molecule has 1 saturated heterocycles. The van der Waals surface area contributed by atoms with E-state index in [1.165, 1.54) is 25.3 Å². The zero-order chi connectivity index (χ0) is 27.7. The van der Waals surface area contributed by atoms with Crippen molar-refractivity contribution in [1.82, 2.24) is 10.2 Å². The lowest BCUT2D eigenvalue weighted by atomic mass is 9.83. The van der Waals surface area contributed by atoms with Crippen molar-refractivity contribution >= 4 is 58.6 Å². The first-order chi connectivity index (χ1) is 18.7. The molecule has 2 aromatic carbocycles. The summed E-state index contributed by atoms with van der Waals surface area (Å²) in [5, 5.41) is 8.69. The Kier molecular flexibility index (Phi) is 7.59. The standard InChI is InChI=1S/C27H28Cl2N4O6/c1-38-25(36)30-17-6-7-18(20(29)13-17)23(34)31-22(11-15-3-4-15)24(35)33-10-2-9-27(14-33)19-12-16(28)5-8-21(19)32-26(37)39-27/h5-8,12-13,15,22H,2-4,9-11,14H2,1H3,(H,30,36)(H,31,34)(H,32,37)/t22-,27-/m0/s1. The van der Waals surface area contributed by atoms with Gasteiger partial charge in [0.1, 0.15) is 6.04 Å². The third-order valence-corrected chi connectivity index (χ3v) is 7.83. The molecule has 0 radical (unpaired) electrons. The molecule has 2 aromatic rings. The number of halogens is 2. The molecule has 2 atom stereocenters. The van der Waals surface area contributed by atoms with E-state index in [1.54, 1.807) is 23.1 Å². The Morgan fingerprint density at radius 2 is 2.00 bits per heavy atom. The van der Waals surface area contributed by atoms with Gasteiger partial charge in [0, 0.05) is 22.8 Å². The van der Waals surface area contributed by atoms with Gasteiger partial charge in [-0.25, -0.2) is 9.59 Å². The second kappa shape index (κ2) is 10.9. The Labute approximate surface area is 235 Å². The fourth-order valence-electron chi connectivity index (χ4n) is 5.19. The van der Waals surface area contributed by atoms with Crippen LogP contribution in [0.2, 0.25) is 10.0 Å². The molecule has 12 heteroatoms. The molecule has 10 nitrogen and oxygen atoms in total. The first-order valence-corrected chi connectivity index (χ1v) is 13.5. The number of hydrogen-bond acceptors (Lipinski definition) is 6. The van der Waals surface area contributed by atoms with E-state index in [-0.39, 0.29) is 23.0 Å². The largest absolute Gasteiger partial charge is 0.453 e. The summed E-state index contributed by atoms with van der Waals surface area (Å²) in [4.78, 5) is 52.6. The van der Waals surface area contributed by atoms with Crippen molar-refractivity contribution in [3.63, 3.8) is 0 Å². The van der Waals surface area contributed by atoms with Crippen molar-refractivity contribution in [1.29, 1.82) is 0 Å². The number of carbonyl (C=O) groups is 4. The van der Waals surface area contributed by atoms with Crippen LogP contribution in [0.15, 0.2) is 36.4 Å². The number of anilines is 2. The van der Waals surface area contributed by atoms with Gasteiger partial charge in [0.15, 0.2) is 5.60 Å². The number of piperidine rings is 1. The lowest BCUT2D eigenvalue weighted by Crippen LogP contribution is -2.57. The van der Waals surface area contributed by atoms with Crippen molar-refractivity contribution in [2.24, 2.45) is 5.92 Å². The van der Waals surface area contributed by atoms with E-state index in [9.17, 15) is 19.2 Å². The van der Waals surface area contributed by atoms with Gasteiger partial charge in [-0.05, 0) is 61.6 Å². The number of likely N-dealkylation sites (tertiary alicyclic amines) is 1. The van der Waals surface area contributed by atoms with E-state index in [0.717, 1.165) is 18.4 Å². The number of amides is 4. The average molecular weight is 575 g/mol. The number of benzene rings is 2. The van der Waals surface area contributed by atoms with Crippen LogP contribution in [0.3, 0.4) is 0 Å². The number of carbonyl (C=O) groups excluding carboxylic acids is 4. The highest BCUT2D eigenvalue weighted by atomic mass is 35.5. The molecule has 5 rings (SSSR count). The molecule has 206 valence electrons. The molecule has 0 aromatic heterocycles. The Hall–Kier alpha value is -3.50. The summed E-state index contributed by atoms with van der Waals surface area (Å²) >= 11 is 12.6. The maximum Gasteiger partial charge on any atom is 0.412 e. The smallest absolute Gasteiger partial charge is 0.412 e. The van der Waals surface area contributed by atoms with Gasteiger partial charge in [0.05, 0.1) is 29.9 Å². The van der Waals surface area contributed by atoms with Gasteiger partial charge in [-0.3, -0.25) is 20.2 Å². The molecular formula is C27H28Cl2N4O6. The quantitative estimate of drug-likeness (QED) is 0.438. The van der Waals surface area contributed by atoms with Crippen LogP contribution in [0, 0.1) is 5.92 Å². The summed E-state index contributed by atoms with van der Waals surface area (Å²) in [6, 6.07) is 8.84. The number of nitrogens with one attached hydrogen (secondary N) is 3. The number of rotatable bonds is 6. The summed E-state index contributed by atoms with van der Waals surface area (Å²) in [6.07, 6.45) is 2.38. The van der Waals surface area contributed by atoms with E-state index >= 15 is 0 Å². The lowest BCUT2D eigenvalue weighted by molar-refractivity contribution is -0.141. The molecule has 4 amide bonds. The van der Waals surface area contributed by atoms with Gasteiger partial charge in [0.2, 0.25) is 5.91 Å². The zero-order valence-corrected chi connectivity index (χ0v) is 22.7. The first-order valence-electron chi connectivity index (χ1n) is 12.7. The molecule has 2 aliphatic heterocycles. The maximum absolute atomic E-state index is 13.8. The molecule has 0 unspecified atom stereocenters. The van der Waals surface area contributed by atoms with Gasteiger partial charge in [-0.15, -0.1) is 0 Å². The molecule has 39 heavy (non-hydrogen) atoms. The first kappa shape index (κ1) is 27.1. The maximum atomic E-state index is 13.8. The predicted octanol–water partition coefficient (Wildman–Crippen LogP) is 5.15. The Morgan fingerprint density at radius 3 is 2.72 bits per heavy atom. The highest BCUT2D eigenvalue weighted by Gasteiger charge is 2.47.